The van der Waals surface area contributed by atoms with Crippen LogP contribution >= 0.6 is 11.6 Å². The molecule has 0 aromatic carbocycles. The standard InChI is InChI=1S/C35H51ClN8O6/c1-2-3-4-5-6-7-8-9-10-11-12-13-14-15-16-17-18-19-27(45)39-22-20-38-21-23-40-35(48)49-24-26-29(46)30(47)33(50-26)44-32-28(43-34(44)36)31(37)41-25-42-32/h3-4,6-7,9-10,12-13,15-16,25-26,29-30,33,38,46-47H,2,5,8,11,14,17-24H2,1H3,(H,39,45)(H,40,48)(H2,37,41,42). The first-order valence-corrected chi connectivity index (χ1v) is 17.5. The zero-order chi connectivity index (χ0) is 36.0. The van der Waals surface area contributed by atoms with Gasteiger partial charge >= 0.3 is 6.09 Å². The second-order valence-corrected chi connectivity index (χ2v) is 11.8. The Morgan fingerprint density at radius 3 is 2.20 bits per heavy atom. The fraction of sp³-hybridized carbons (Fsp3) is 0.514. The number of halogens is 1. The predicted octanol–water partition coefficient (Wildman–Crippen LogP) is 4.03. The SMILES string of the molecule is CCC=CCC=CCC=CCC=CCC=CCCCC(=O)NCCNCCNC(=O)OCC1OC(n2c(Cl)nc3c(N)ncnc32)C(O)C1O. The number of nitrogens with zero attached hydrogens (tertiary/aromatic N) is 4. The number of nitrogen functional groups attached to an aromatic ring is 1. The number of fused-ring (bicyclic) bond motifs is 1. The monoisotopic (exact) mass is 714 g/mol. The number of aliphatic hydroxyl groups is 2. The number of carbonyl (C=O) groups excluding carboxylic acids is 2. The number of imidazole rings is 1. The Hall–Kier alpha value is -4.08. The fourth-order valence-corrected chi connectivity index (χ4v) is 5.18. The lowest BCUT2D eigenvalue weighted by Gasteiger charge is -2.17. The number of ether oxygens (including phenoxy) is 2. The highest BCUT2D eigenvalue weighted by Crippen LogP contribution is 2.35. The average Bonchev–Trinajstić information content (AvgIpc) is 3.59. The Kier molecular flexibility index (Phi) is 18.8. The van der Waals surface area contributed by atoms with Crippen molar-refractivity contribution in [2.45, 2.75) is 82.8 Å². The minimum Gasteiger partial charge on any atom is -0.447 e. The smallest absolute Gasteiger partial charge is 0.407 e. The maximum absolute atomic E-state index is 12.1. The number of aromatic nitrogens is 4. The minimum absolute atomic E-state index is 0.00503. The highest BCUT2D eigenvalue weighted by molar-refractivity contribution is 6.29. The van der Waals surface area contributed by atoms with E-state index in [2.05, 4.69) is 98.6 Å². The van der Waals surface area contributed by atoms with E-state index in [1.54, 1.807) is 0 Å². The number of alkyl carbamates (subject to hydrolysis) is 1. The molecule has 0 saturated carbocycles. The van der Waals surface area contributed by atoms with Gasteiger partial charge < -0.3 is 41.4 Å². The van der Waals surface area contributed by atoms with Gasteiger partial charge in [0.2, 0.25) is 11.2 Å². The lowest BCUT2D eigenvalue weighted by Crippen LogP contribution is -2.38. The number of unbranched alkanes of at least 4 members (excludes halogenated alkanes) is 1. The third-order valence-electron chi connectivity index (χ3n) is 7.56. The van der Waals surface area contributed by atoms with Crippen molar-refractivity contribution in [3.05, 3.63) is 72.4 Å². The highest BCUT2D eigenvalue weighted by Gasteiger charge is 2.45. The summed E-state index contributed by atoms with van der Waals surface area (Å²) in [4.78, 5) is 36.3. The molecule has 0 radical (unpaired) electrons. The number of amides is 2. The molecule has 3 heterocycles. The molecule has 2 aromatic rings. The summed E-state index contributed by atoms with van der Waals surface area (Å²) in [7, 11) is 0. The molecule has 4 unspecified atom stereocenters. The highest BCUT2D eigenvalue weighted by atomic mass is 35.5. The molecular formula is C35H51ClN8O6. The van der Waals surface area contributed by atoms with Gasteiger partial charge in [-0.2, -0.15) is 0 Å². The van der Waals surface area contributed by atoms with Crippen LogP contribution in [0.25, 0.3) is 11.2 Å². The first kappa shape index (κ1) is 40.4. The summed E-state index contributed by atoms with van der Waals surface area (Å²) in [6.07, 6.45) is 24.2. The van der Waals surface area contributed by atoms with Crippen LogP contribution in [0.4, 0.5) is 10.6 Å². The predicted molar refractivity (Wildman–Crippen MR) is 194 cm³/mol. The number of carbonyl (C=O) groups is 2. The molecule has 1 fully saturated rings. The van der Waals surface area contributed by atoms with Gasteiger partial charge in [-0.15, -0.1) is 0 Å². The van der Waals surface area contributed by atoms with E-state index in [-0.39, 0.29) is 41.3 Å². The van der Waals surface area contributed by atoms with E-state index in [1.807, 2.05) is 0 Å². The third-order valence-corrected chi connectivity index (χ3v) is 7.83. The van der Waals surface area contributed by atoms with Crippen LogP contribution in [0.2, 0.25) is 5.28 Å². The maximum Gasteiger partial charge on any atom is 0.407 e. The molecular weight excluding hydrogens is 664 g/mol. The van der Waals surface area contributed by atoms with Crippen molar-refractivity contribution >= 4 is 40.6 Å². The van der Waals surface area contributed by atoms with Gasteiger partial charge in [-0.3, -0.25) is 9.36 Å². The molecule has 2 aromatic heterocycles. The topological polar surface area (TPSA) is 199 Å². The van der Waals surface area contributed by atoms with Crippen LogP contribution < -0.4 is 21.7 Å². The largest absolute Gasteiger partial charge is 0.447 e. The Morgan fingerprint density at radius 2 is 1.54 bits per heavy atom. The van der Waals surface area contributed by atoms with Crippen LogP contribution in [-0.2, 0) is 14.3 Å². The maximum atomic E-state index is 12.1. The first-order chi connectivity index (χ1) is 24.3. The molecule has 7 N–H and O–H groups in total. The molecule has 1 aliphatic rings. The average molecular weight is 715 g/mol. The fourth-order valence-electron chi connectivity index (χ4n) is 4.92. The number of hydrogen-bond acceptors (Lipinski definition) is 11. The van der Waals surface area contributed by atoms with Gasteiger partial charge in [0.05, 0.1) is 0 Å². The second-order valence-electron chi connectivity index (χ2n) is 11.5. The molecule has 3 rings (SSSR count). The van der Waals surface area contributed by atoms with E-state index in [0.29, 0.717) is 26.1 Å². The minimum atomic E-state index is -1.40. The van der Waals surface area contributed by atoms with Crippen molar-refractivity contribution in [2.24, 2.45) is 0 Å². The summed E-state index contributed by atoms with van der Waals surface area (Å²) in [5.41, 5.74) is 6.27. The Morgan fingerprint density at radius 1 is 0.920 bits per heavy atom. The number of anilines is 1. The molecule has 1 saturated heterocycles. The lowest BCUT2D eigenvalue weighted by molar-refractivity contribution is -0.121. The van der Waals surface area contributed by atoms with E-state index in [4.69, 9.17) is 26.8 Å². The molecule has 14 nitrogen and oxygen atoms in total. The summed E-state index contributed by atoms with van der Waals surface area (Å²) in [5.74, 6) is 0.105. The van der Waals surface area contributed by atoms with Crippen molar-refractivity contribution in [2.75, 3.05) is 38.5 Å². The quantitative estimate of drug-likeness (QED) is 0.0585. The second kappa shape index (κ2) is 23.3. The van der Waals surface area contributed by atoms with Gasteiger partial charge in [0.1, 0.15) is 31.2 Å². The summed E-state index contributed by atoms with van der Waals surface area (Å²) in [6.45, 7) is 3.56. The van der Waals surface area contributed by atoms with Crippen LogP contribution in [-0.4, -0.2) is 92.8 Å². The van der Waals surface area contributed by atoms with Crippen LogP contribution in [0.3, 0.4) is 0 Å². The number of nitrogens with two attached hydrogens (primary N) is 1. The molecule has 50 heavy (non-hydrogen) atoms. The van der Waals surface area contributed by atoms with Crippen LogP contribution in [0.5, 0.6) is 0 Å². The van der Waals surface area contributed by atoms with Crippen molar-refractivity contribution in [3.8, 4) is 0 Å². The molecule has 2 amide bonds. The van der Waals surface area contributed by atoms with Crippen molar-refractivity contribution in [3.63, 3.8) is 0 Å². The molecule has 1 aliphatic heterocycles. The van der Waals surface area contributed by atoms with E-state index < -0.39 is 30.6 Å². The van der Waals surface area contributed by atoms with Gasteiger partial charge in [0.25, 0.3) is 0 Å². The Bertz CT molecular complexity index is 1480. The van der Waals surface area contributed by atoms with E-state index in [0.717, 1.165) is 44.9 Å². The summed E-state index contributed by atoms with van der Waals surface area (Å²) >= 11 is 6.22. The van der Waals surface area contributed by atoms with Gasteiger partial charge in [0, 0.05) is 32.6 Å². The van der Waals surface area contributed by atoms with Crippen molar-refractivity contribution in [1.29, 1.82) is 0 Å². The molecule has 0 aliphatic carbocycles. The number of aliphatic hydroxyl groups excluding tert-OH is 2. The number of rotatable bonds is 22. The van der Waals surface area contributed by atoms with Gasteiger partial charge in [-0.25, -0.2) is 19.7 Å². The first-order valence-electron chi connectivity index (χ1n) is 17.1. The van der Waals surface area contributed by atoms with Gasteiger partial charge in [0.15, 0.2) is 23.2 Å². The molecule has 0 bridgehead atoms. The van der Waals surface area contributed by atoms with E-state index in [1.165, 1.54) is 10.9 Å². The summed E-state index contributed by atoms with van der Waals surface area (Å²) < 4.78 is 12.2. The molecule has 274 valence electrons. The Balaban J connectivity index is 1.15. The zero-order valence-corrected chi connectivity index (χ0v) is 29.4. The number of allylic oxidation sites excluding steroid dienone is 10. The summed E-state index contributed by atoms with van der Waals surface area (Å²) in [6, 6.07) is 0. The normalized spacial score (nSPS) is 19.7. The van der Waals surface area contributed by atoms with Gasteiger partial charge in [-0.05, 0) is 56.5 Å². The summed E-state index contributed by atoms with van der Waals surface area (Å²) in [5, 5.41) is 29.6. The van der Waals surface area contributed by atoms with Crippen molar-refractivity contribution in [1.82, 2.24) is 35.5 Å². The molecule has 4 atom stereocenters. The molecule has 15 heteroatoms. The van der Waals surface area contributed by atoms with Crippen molar-refractivity contribution < 1.29 is 29.3 Å². The lowest BCUT2D eigenvalue weighted by atomic mass is 10.1. The van der Waals surface area contributed by atoms with E-state index >= 15 is 0 Å². The zero-order valence-electron chi connectivity index (χ0n) is 28.6. The Labute approximate surface area is 298 Å². The van der Waals surface area contributed by atoms with Crippen LogP contribution in [0.1, 0.15) is 64.5 Å². The van der Waals surface area contributed by atoms with E-state index in [9.17, 15) is 19.8 Å². The third kappa shape index (κ3) is 14.0. The van der Waals surface area contributed by atoms with Crippen LogP contribution in [0.15, 0.2) is 67.1 Å². The number of nitrogens with one attached hydrogen (secondary N) is 3. The number of hydrogen-bond donors (Lipinski definition) is 6. The van der Waals surface area contributed by atoms with Crippen LogP contribution in [0, 0.1) is 0 Å². The van der Waals surface area contributed by atoms with Gasteiger partial charge in [-0.1, -0.05) is 67.7 Å². The molecule has 0 spiro atoms.